The van der Waals surface area contributed by atoms with Crippen LogP contribution in [0, 0.1) is 12.8 Å². The first-order valence-electron chi connectivity index (χ1n) is 9.81. The van der Waals surface area contributed by atoms with Crippen LogP contribution in [0.1, 0.15) is 33.3 Å². The fourth-order valence-electron chi connectivity index (χ4n) is 3.76. The van der Waals surface area contributed by atoms with Gasteiger partial charge in [0.05, 0.1) is 17.5 Å². The van der Waals surface area contributed by atoms with Crippen LogP contribution < -0.4 is 9.80 Å². The Morgan fingerprint density at radius 1 is 1.29 bits per heavy atom. The number of anilines is 2. The zero-order valence-electron chi connectivity index (χ0n) is 17.2. The van der Waals surface area contributed by atoms with Gasteiger partial charge in [-0.2, -0.15) is 4.99 Å². The van der Waals surface area contributed by atoms with Crippen LogP contribution in [0.4, 0.5) is 11.4 Å². The van der Waals surface area contributed by atoms with E-state index in [2.05, 4.69) is 35.9 Å². The number of carbonyl (C=O) groups is 1. The summed E-state index contributed by atoms with van der Waals surface area (Å²) in [6.45, 7) is 11.8. The SMILES string of the molecule is CCN(CC)c1ccc(N2C(=NC(=O)C(C)C)SC3CS(=O)(=O)CC32)c(C)c1. The molecule has 2 fully saturated rings. The first-order valence-corrected chi connectivity index (χ1v) is 12.5. The highest BCUT2D eigenvalue weighted by atomic mass is 32.2. The predicted molar refractivity (Wildman–Crippen MR) is 118 cm³/mol. The van der Waals surface area contributed by atoms with Crippen LogP contribution in [-0.4, -0.2) is 55.4 Å². The van der Waals surface area contributed by atoms with Gasteiger partial charge in [0.2, 0.25) is 0 Å². The summed E-state index contributed by atoms with van der Waals surface area (Å²) in [6.07, 6.45) is 0. The summed E-state index contributed by atoms with van der Waals surface area (Å²) >= 11 is 1.43. The molecule has 0 bridgehead atoms. The third-order valence-corrected chi connectivity index (χ3v) is 8.54. The van der Waals surface area contributed by atoms with E-state index in [0.717, 1.165) is 30.0 Å². The van der Waals surface area contributed by atoms with Gasteiger partial charge in [0.15, 0.2) is 15.0 Å². The Balaban J connectivity index is 2.03. The molecule has 2 aliphatic rings. The quantitative estimate of drug-likeness (QED) is 0.725. The fourth-order valence-corrected chi connectivity index (χ4v) is 7.68. The van der Waals surface area contributed by atoms with Gasteiger partial charge < -0.3 is 9.80 Å². The molecular formula is C20H29N3O3S2. The summed E-state index contributed by atoms with van der Waals surface area (Å²) < 4.78 is 24.4. The maximum atomic E-state index is 12.3. The molecule has 0 aliphatic carbocycles. The number of thioether (sulfide) groups is 1. The van der Waals surface area contributed by atoms with Crippen LogP contribution >= 0.6 is 11.8 Å². The average molecular weight is 424 g/mol. The Morgan fingerprint density at radius 3 is 2.54 bits per heavy atom. The zero-order valence-corrected chi connectivity index (χ0v) is 18.8. The van der Waals surface area contributed by atoms with E-state index in [-0.39, 0.29) is 34.6 Å². The number of sulfone groups is 1. The number of aliphatic imine (C=N–C) groups is 1. The lowest BCUT2D eigenvalue weighted by molar-refractivity contribution is -0.120. The highest BCUT2D eigenvalue weighted by Crippen LogP contribution is 2.42. The average Bonchev–Trinajstić information content (AvgIpc) is 3.07. The van der Waals surface area contributed by atoms with Gasteiger partial charge >= 0.3 is 0 Å². The van der Waals surface area contributed by atoms with E-state index in [9.17, 15) is 13.2 Å². The Morgan fingerprint density at radius 2 is 1.96 bits per heavy atom. The zero-order chi connectivity index (χ0) is 20.6. The van der Waals surface area contributed by atoms with Crippen molar-refractivity contribution in [1.29, 1.82) is 0 Å². The van der Waals surface area contributed by atoms with E-state index >= 15 is 0 Å². The molecular weight excluding hydrogens is 394 g/mol. The number of rotatable bonds is 5. The van der Waals surface area contributed by atoms with Crippen molar-refractivity contribution in [3.8, 4) is 0 Å². The van der Waals surface area contributed by atoms with Gasteiger partial charge in [-0.05, 0) is 44.5 Å². The third-order valence-electron chi connectivity index (χ3n) is 5.33. The maximum Gasteiger partial charge on any atom is 0.250 e. The van der Waals surface area contributed by atoms with Crippen LogP contribution in [0.2, 0.25) is 0 Å². The van der Waals surface area contributed by atoms with E-state index in [1.807, 2.05) is 31.7 Å². The summed E-state index contributed by atoms with van der Waals surface area (Å²) in [5.41, 5.74) is 3.13. The molecule has 28 heavy (non-hydrogen) atoms. The van der Waals surface area contributed by atoms with Crippen LogP contribution in [0.5, 0.6) is 0 Å². The van der Waals surface area contributed by atoms with Gasteiger partial charge in [-0.1, -0.05) is 25.6 Å². The minimum atomic E-state index is -3.07. The first-order chi connectivity index (χ1) is 13.2. The summed E-state index contributed by atoms with van der Waals surface area (Å²) in [5.74, 6) is -0.112. The lowest BCUT2D eigenvalue weighted by Crippen LogP contribution is -2.38. The summed E-state index contributed by atoms with van der Waals surface area (Å²) in [7, 11) is -3.07. The van der Waals surface area contributed by atoms with Crippen molar-refractivity contribution in [2.24, 2.45) is 10.9 Å². The van der Waals surface area contributed by atoms with Crippen molar-refractivity contribution in [2.45, 2.75) is 45.9 Å². The number of benzene rings is 1. The molecule has 2 saturated heterocycles. The minimum Gasteiger partial charge on any atom is -0.372 e. The molecule has 1 amide bonds. The molecule has 6 nitrogen and oxygen atoms in total. The van der Waals surface area contributed by atoms with Gasteiger partial charge in [-0.15, -0.1) is 0 Å². The molecule has 2 atom stereocenters. The van der Waals surface area contributed by atoms with Crippen molar-refractivity contribution in [2.75, 3.05) is 34.4 Å². The normalized spacial score (nSPS) is 24.8. The molecule has 1 aromatic carbocycles. The Kier molecular flexibility index (Phi) is 6.10. The molecule has 154 valence electrons. The van der Waals surface area contributed by atoms with Gasteiger partial charge in [-0.3, -0.25) is 4.79 Å². The van der Waals surface area contributed by atoms with Gasteiger partial charge in [0, 0.05) is 35.6 Å². The second-order valence-electron chi connectivity index (χ2n) is 7.70. The van der Waals surface area contributed by atoms with Crippen LogP contribution in [0.25, 0.3) is 0 Å². The molecule has 0 aromatic heterocycles. The van der Waals surface area contributed by atoms with Crippen molar-refractivity contribution in [3.63, 3.8) is 0 Å². The number of amidine groups is 1. The number of amides is 1. The molecule has 0 N–H and O–H groups in total. The summed E-state index contributed by atoms with van der Waals surface area (Å²) in [4.78, 5) is 20.9. The Bertz CT molecular complexity index is 892. The number of aryl methyl sites for hydroxylation is 1. The first kappa shape index (κ1) is 21.2. The molecule has 2 unspecified atom stereocenters. The van der Waals surface area contributed by atoms with E-state index in [1.54, 1.807) is 0 Å². The van der Waals surface area contributed by atoms with E-state index in [1.165, 1.54) is 11.8 Å². The highest BCUT2D eigenvalue weighted by molar-refractivity contribution is 8.16. The second-order valence-corrected chi connectivity index (χ2v) is 11.1. The van der Waals surface area contributed by atoms with Crippen LogP contribution in [0.15, 0.2) is 23.2 Å². The Labute approximate surface area is 172 Å². The second kappa shape index (κ2) is 8.06. The fraction of sp³-hybridized carbons (Fsp3) is 0.600. The van der Waals surface area contributed by atoms with Crippen LogP contribution in [-0.2, 0) is 14.6 Å². The molecule has 8 heteroatoms. The highest BCUT2D eigenvalue weighted by Gasteiger charge is 2.49. The Hall–Kier alpha value is -1.54. The minimum absolute atomic E-state index is 0.0782. The molecule has 2 heterocycles. The molecule has 1 aromatic rings. The number of fused-ring (bicyclic) bond motifs is 1. The molecule has 0 radical (unpaired) electrons. The smallest absolute Gasteiger partial charge is 0.250 e. The molecule has 0 spiro atoms. The molecule has 3 rings (SSSR count). The molecule has 0 saturated carbocycles. The lowest BCUT2D eigenvalue weighted by Gasteiger charge is -2.28. The third kappa shape index (κ3) is 4.08. The number of nitrogens with zero attached hydrogens (tertiary/aromatic N) is 3. The van der Waals surface area contributed by atoms with Crippen molar-refractivity contribution in [1.82, 2.24) is 0 Å². The topological polar surface area (TPSA) is 70.0 Å². The van der Waals surface area contributed by atoms with Gasteiger partial charge in [0.1, 0.15) is 0 Å². The lowest BCUT2D eigenvalue weighted by atomic mass is 10.1. The van der Waals surface area contributed by atoms with Crippen molar-refractivity contribution in [3.05, 3.63) is 23.8 Å². The monoisotopic (exact) mass is 423 g/mol. The van der Waals surface area contributed by atoms with Crippen molar-refractivity contribution >= 4 is 44.0 Å². The van der Waals surface area contributed by atoms with Crippen molar-refractivity contribution < 1.29 is 13.2 Å². The molecule has 2 aliphatic heterocycles. The van der Waals surface area contributed by atoms with E-state index < -0.39 is 9.84 Å². The van der Waals surface area contributed by atoms with Gasteiger partial charge in [0.25, 0.3) is 5.91 Å². The van der Waals surface area contributed by atoms with E-state index in [4.69, 9.17) is 0 Å². The predicted octanol–water partition coefficient (Wildman–Crippen LogP) is 3.10. The summed E-state index contributed by atoms with van der Waals surface area (Å²) in [5, 5.41) is 0.549. The summed E-state index contributed by atoms with van der Waals surface area (Å²) in [6, 6.07) is 6.06. The maximum absolute atomic E-state index is 12.3. The standard InChI is InChI=1S/C20H29N3O3S2/c1-6-22(7-2)15-8-9-16(14(5)10-15)23-17-11-28(25,26)12-18(17)27-20(23)21-19(24)13(3)4/h8-10,13,17-18H,6-7,11-12H2,1-5H3. The van der Waals surface area contributed by atoms with Crippen LogP contribution in [0.3, 0.4) is 0 Å². The number of hydrogen-bond donors (Lipinski definition) is 0. The number of carbonyl (C=O) groups excluding carboxylic acids is 1. The van der Waals surface area contributed by atoms with Gasteiger partial charge in [-0.25, -0.2) is 8.42 Å². The number of hydrogen-bond acceptors (Lipinski definition) is 5. The largest absolute Gasteiger partial charge is 0.372 e. The van der Waals surface area contributed by atoms with E-state index in [0.29, 0.717) is 5.17 Å².